The Morgan fingerprint density at radius 3 is 1.90 bits per heavy atom. The van der Waals surface area contributed by atoms with Crippen LogP contribution in [0.25, 0.3) is 11.1 Å². The van der Waals surface area contributed by atoms with Crippen molar-refractivity contribution in [2.75, 3.05) is 7.11 Å². The molecule has 0 spiro atoms. The molecule has 0 aliphatic carbocycles. The minimum absolute atomic E-state index is 0.570. The molecule has 0 fully saturated rings. The van der Waals surface area contributed by atoms with Gasteiger partial charge in [-0.15, -0.1) is 0 Å². The summed E-state index contributed by atoms with van der Waals surface area (Å²) >= 11 is 4.08. The quantitative estimate of drug-likeness (QED) is 0.485. The van der Waals surface area contributed by atoms with E-state index in [1.54, 1.807) is 13.2 Å². The first kappa shape index (κ1) is 15.9. The minimum Gasteiger partial charge on any atom is -0.497 e. The molecular weight excluding hydrogens is 495 g/mol. The standard InChI is InChI=1S/C14H9F3I2O/c1-20-9-3-5-11(13(19)7-9)10-4-2-8(6-12(10)18)14(15,16)17/h2-7H,1H3. The van der Waals surface area contributed by atoms with Gasteiger partial charge in [-0.3, -0.25) is 0 Å². The second kappa shape index (κ2) is 6.08. The maximum atomic E-state index is 12.7. The molecule has 0 aliphatic rings. The van der Waals surface area contributed by atoms with Crippen molar-refractivity contribution in [3.63, 3.8) is 0 Å². The van der Waals surface area contributed by atoms with Crippen LogP contribution in [0.3, 0.4) is 0 Å². The lowest BCUT2D eigenvalue weighted by Gasteiger charge is -2.12. The summed E-state index contributed by atoms with van der Waals surface area (Å²) in [5.41, 5.74) is 1.05. The number of methoxy groups -OCH3 is 1. The van der Waals surface area contributed by atoms with E-state index < -0.39 is 11.7 Å². The zero-order valence-corrected chi connectivity index (χ0v) is 14.6. The number of hydrogen-bond donors (Lipinski definition) is 0. The van der Waals surface area contributed by atoms with Gasteiger partial charge in [-0.1, -0.05) is 6.07 Å². The van der Waals surface area contributed by atoms with E-state index >= 15 is 0 Å². The maximum Gasteiger partial charge on any atom is 0.416 e. The van der Waals surface area contributed by atoms with Crippen molar-refractivity contribution < 1.29 is 17.9 Å². The maximum absolute atomic E-state index is 12.7. The van der Waals surface area contributed by atoms with Crippen LogP contribution in [0.4, 0.5) is 13.2 Å². The Labute approximate surface area is 141 Å². The monoisotopic (exact) mass is 504 g/mol. The average molecular weight is 504 g/mol. The first-order valence-corrected chi connectivity index (χ1v) is 7.69. The number of halogens is 5. The van der Waals surface area contributed by atoms with Crippen LogP contribution in [-0.4, -0.2) is 7.11 Å². The van der Waals surface area contributed by atoms with Crippen LogP contribution in [0, 0.1) is 7.14 Å². The van der Waals surface area contributed by atoms with Crippen molar-refractivity contribution in [3.8, 4) is 16.9 Å². The van der Waals surface area contributed by atoms with Gasteiger partial charge in [0.15, 0.2) is 0 Å². The molecule has 0 bridgehead atoms. The summed E-state index contributed by atoms with van der Waals surface area (Å²) in [5.74, 6) is 0.722. The first-order chi connectivity index (χ1) is 9.32. The lowest BCUT2D eigenvalue weighted by Crippen LogP contribution is -2.05. The molecule has 20 heavy (non-hydrogen) atoms. The van der Waals surface area contributed by atoms with E-state index in [0.717, 1.165) is 32.6 Å². The summed E-state index contributed by atoms with van der Waals surface area (Å²) in [4.78, 5) is 0. The first-order valence-electron chi connectivity index (χ1n) is 5.53. The number of benzene rings is 2. The van der Waals surface area contributed by atoms with Crippen LogP contribution in [0.15, 0.2) is 36.4 Å². The van der Waals surface area contributed by atoms with Crippen LogP contribution < -0.4 is 4.74 Å². The van der Waals surface area contributed by atoms with Crippen LogP contribution in [-0.2, 0) is 6.18 Å². The van der Waals surface area contributed by atoms with E-state index in [4.69, 9.17) is 4.74 Å². The fourth-order valence-electron chi connectivity index (χ4n) is 1.75. The molecule has 1 nitrogen and oxygen atoms in total. The summed E-state index contributed by atoms with van der Waals surface area (Å²) in [6, 6.07) is 9.28. The Morgan fingerprint density at radius 1 is 0.900 bits per heavy atom. The molecular formula is C14H9F3I2O. The molecule has 0 aliphatic heterocycles. The van der Waals surface area contributed by atoms with E-state index in [1.165, 1.54) is 6.07 Å². The van der Waals surface area contributed by atoms with E-state index in [0.29, 0.717) is 3.57 Å². The molecule has 0 unspecified atom stereocenters. The van der Waals surface area contributed by atoms with Crippen molar-refractivity contribution in [1.82, 2.24) is 0 Å². The number of ether oxygens (including phenoxy) is 1. The molecule has 0 saturated heterocycles. The van der Waals surface area contributed by atoms with Gasteiger partial charge in [0.2, 0.25) is 0 Å². The summed E-state index contributed by atoms with van der Waals surface area (Å²) < 4.78 is 44.6. The lowest BCUT2D eigenvalue weighted by atomic mass is 10.0. The molecule has 0 atom stereocenters. The average Bonchev–Trinajstić information content (AvgIpc) is 2.38. The number of alkyl halides is 3. The van der Waals surface area contributed by atoms with Gasteiger partial charge >= 0.3 is 6.18 Å². The fraction of sp³-hybridized carbons (Fsp3) is 0.143. The Morgan fingerprint density at radius 2 is 1.45 bits per heavy atom. The fourth-order valence-corrected chi connectivity index (χ4v) is 3.33. The van der Waals surface area contributed by atoms with Gasteiger partial charge < -0.3 is 4.74 Å². The Kier molecular flexibility index (Phi) is 4.83. The zero-order valence-electron chi connectivity index (χ0n) is 10.3. The van der Waals surface area contributed by atoms with Crippen molar-refractivity contribution in [3.05, 3.63) is 49.1 Å². The molecule has 0 radical (unpaired) electrons. The van der Waals surface area contributed by atoms with E-state index in [9.17, 15) is 13.2 Å². The largest absolute Gasteiger partial charge is 0.497 e. The van der Waals surface area contributed by atoms with Crippen LogP contribution >= 0.6 is 45.2 Å². The van der Waals surface area contributed by atoms with Crippen molar-refractivity contribution >= 4 is 45.2 Å². The van der Waals surface area contributed by atoms with Crippen molar-refractivity contribution in [2.24, 2.45) is 0 Å². The predicted octanol–water partition coefficient (Wildman–Crippen LogP) is 5.59. The predicted molar refractivity (Wildman–Crippen MR) is 88.9 cm³/mol. The summed E-state index contributed by atoms with van der Waals surface area (Å²) in [6.45, 7) is 0. The SMILES string of the molecule is COc1ccc(-c2ccc(C(F)(F)F)cc2I)c(I)c1. The highest BCUT2D eigenvalue weighted by molar-refractivity contribution is 14.1. The summed E-state index contributed by atoms with van der Waals surface area (Å²) in [6.07, 6.45) is -4.31. The van der Waals surface area contributed by atoms with Crippen LogP contribution in [0.2, 0.25) is 0 Å². The van der Waals surface area contributed by atoms with E-state index in [2.05, 4.69) is 22.6 Å². The molecule has 106 valence electrons. The smallest absolute Gasteiger partial charge is 0.416 e. The van der Waals surface area contributed by atoms with Gasteiger partial charge in [0.1, 0.15) is 5.75 Å². The topological polar surface area (TPSA) is 9.23 Å². The lowest BCUT2D eigenvalue weighted by molar-refractivity contribution is -0.137. The van der Waals surface area contributed by atoms with Crippen molar-refractivity contribution in [1.29, 1.82) is 0 Å². The summed E-state index contributed by atoms with van der Waals surface area (Å²) in [7, 11) is 1.58. The van der Waals surface area contributed by atoms with Crippen LogP contribution in [0.1, 0.15) is 5.56 Å². The highest BCUT2D eigenvalue weighted by atomic mass is 127. The molecule has 0 aromatic heterocycles. The second-order valence-corrected chi connectivity index (χ2v) is 6.36. The van der Waals surface area contributed by atoms with E-state index in [1.807, 2.05) is 34.7 Å². The molecule has 6 heteroatoms. The molecule has 2 aromatic rings. The Hall–Kier alpha value is -0.510. The second-order valence-electron chi connectivity index (χ2n) is 4.04. The number of hydrogen-bond acceptors (Lipinski definition) is 1. The van der Waals surface area contributed by atoms with Crippen LogP contribution in [0.5, 0.6) is 5.75 Å². The molecule has 0 heterocycles. The molecule has 0 N–H and O–H groups in total. The third kappa shape index (κ3) is 3.38. The Bertz CT molecular complexity index is 639. The third-order valence-corrected chi connectivity index (χ3v) is 4.55. The molecule has 2 aromatic carbocycles. The van der Waals surface area contributed by atoms with Gasteiger partial charge in [-0.25, -0.2) is 0 Å². The molecule has 0 amide bonds. The molecule has 2 rings (SSSR count). The third-order valence-electron chi connectivity index (χ3n) is 2.76. The number of rotatable bonds is 2. The Balaban J connectivity index is 2.49. The highest BCUT2D eigenvalue weighted by Crippen LogP contribution is 2.36. The van der Waals surface area contributed by atoms with Crippen molar-refractivity contribution in [2.45, 2.75) is 6.18 Å². The minimum atomic E-state index is -4.31. The normalized spacial score (nSPS) is 11.5. The van der Waals surface area contributed by atoms with E-state index in [-0.39, 0.29) is 0 Å². The van der Waals surface area contributed by atoms with Gasteiger partial charge in [-0.2, -0.15) is 13.2 Å². The van der Waals surface area contributed by atoms with Gasteiger partial charge in [0, 0.05) is 7.14 Å². The van der Waals surface area contributed by atoms with Gasteiger partial charge in [-0.05, 0) is 86.6 Å². The van der Waals surface area contributed by atoms with Gasteiger partial charge in [0.05, 0.1) is 12.7 Å². The highest BCUT2D eigenvalue weighted by Gasteiger charge is 2.30. The summed E-state index contributed by atoms with van der Waals surface area (Å²) in [5, 5.41) is 0. The van der Waals surface area contributed by atoms with Gasteiger partial charge in [0.25, 0.3) is 0 Å². The molecule has 0 saturated carbocycles. The zero-order chi connectivity index (χ0) is 14.9.